The van der Waals surface area contributed by atoms with Gasteiger partial charge in [-0.2, -0.15) is 9.36 Å². The number of aromatic nitrogens is 4. The Morgan fingerprint density at radius 3 is 2.86 bits per heavy atom. The molecular weight excluding hydrogens is 563 g/mol. The van der Waals surface area contributed by atoms with Gasteiger partial charge in [-0.05, 0) is 23.1 Å². The number of thioether (sulfide) groups is 3. The molecule has 194 valence electrons. The van der Waals surface area contributed by atoms with E-state index in [0.29, 0.717) is 28.1 Å². The number of amides is 2. The maximum Gasteiger partial charge on any atom is 0.352 e. The molecule has 2 aliphatic rings. The lowest BCUT2D eigenvalue weighted by molar-refractivity contribution is -0.150. The Balaban J connectivity index is 1.45. The van der Waals surface area contributed by atoms with Crippen LogP contribution in [0.4, 0.5) is 5.13 Å². The standard InChI is InChI=1S/C19H19N9O5S4/c20-3-6-35-19-22-4-1-9(23-19)34-5-2-8-7-36-16-11(15(30)28(16)12(8)17(31)32)24-14(29)10(26-33)13-25-18(21)37-27-13/h1-2,4-5,11,16,33H,3,6-7,20H2,(H,24,29)(H,31,32)(H2,21,25,27)/b5-2+,26-10?/t11-,16-/m1/s1. The van der Waals surface area contributed by atoms with Crippen molar-refractivity contribution in [3.8, 4) is 0 Å². The fourth-order valence-corrected chi connectivity index (χ4v) is 6.36. The molecule has 4 heterocycles. The van der Waals surface area contributed by atoms with Crippen LogP contribution in [0.2, 0.25) is 0 Å². The molecule has 0 spiro atoms. The summed E-state index contributed by atoms with van der Waals surface area (Å²) >= 11 is 4.81. The largest absolute Gasteiger partial charge is 0.477 e. The number of carboxylic acids is 1. The molecule has 0 bridgehead atoms. The van der Waals surface area contributed by atoms with Crippen LogP contribution in [0, 0.1) is 0 Å². The number of carbonyl (C=O) groups excluding carboxylic acids is 2. The van der Waals surface area contributed by atoms with Gasteiger partial charge in [0.05, 0.1) is 0 Å². The van der Waals surface area contributed by atoms with Crippen molar-refractivity contribution in [1.82, 2.24) is 29.5 Å². The molecule has 7 N–H and O–H groups in total. The van der Waals surface area contributed by atoms with Gasteiger partial charge in [0, 0.05) is 35.8 Å². The molecule has 4 rings (SSSR count). The van der Waals surface area contributed by atoms with Crippen molar-refractivity contribution in [2.24, 2.45) is 10.9 Å². The third-order valence-corrected chi connectivity index (χ3v) is 8.35. The minimum Gasteiger partial charge on any atom is -0.477 e. The molecule has 14 nitrogen and oxygen atoms in total. The van der Waals surface area contributed by atoms with Crippen molar-refractivity contribution >= 4 is 75.4 Å². The van der Waals surface area contributed by atoms with E-state index in [4.69, 9.17) is 11.5 Å². The molecule has 1 fully saturated rings. The first kappa shape index (κ1) is 26.9. The quantitative estimate of drug-likeness (QED) is 0.0480. The third-order valence-electron chi connectivity index (χ3n) is 4.87. The second-order valence-corrected chi connectivity index (χ2v) is 11.1. The number of nitrogens with one attached hydrogen (secondary N) is 1. The molecule has 0 aliphatic carbocycles. The molecular formula is C19H19N9O5S4. The third kappa shape index (κ3) is 5.87. The number of nitrogens with two attached hydrogens (primary N) is 2. The van der Waals surface area contributed by atoms with Crippen LogP contribution in [-0.4, -0.2) is 87.5 Å². The summed E-state index contributed by atoms with van der Waals surface area (Å²) in [6.45, 7) is 0.504. The molecule has 18 heteroatoms. The molecule has 0 unspecified atom stereocenters. The van der Waals surface area contributed by atoms with Crippen LogP contribution in [0.5, 0.6) is 0 Å². The Bertz CT molecular complexity index is 1310. The molecule has 2 amide bonds. The molecule has 0 radical (unpaired) electrons. The number of aliphatic carboxylic acids is 1. The van der Waals surface area contributed by atoms with Crippen molar-refractivity contribution in [2.75, 3.05) is 23.8 Å². The molecule has 2 aliphatic heterocycles. The lowest BCUT2D eigenvalue weighted by Gasteiger charge is -2.49. The highest BCUT2D eigenvalue weighted by atomic mass is 32.2. The highest BCUT2D eigenvalue weighted by molar-refractivity contribution is 8.02. The lowest BCUT2D eigenvalue weighted by atomic mass is 10.0. The van der Waals surface area contributed by atoms with Crippen LogP contribution >= 0.6 is 46.8 Å². The van der Waals surface area contributed by atoms with E-state index in [9.17, 15) is 24.7 Å². The molecule has 0 aromatic carbocycles. The highest BCUT2D eigenvalue weighted by Crippen LogP contribution is 2.41. The Labute approximate surface area is 226 Å². The van der Waals surface area contributed by atoms with E-state index in [-0.39, 0.29) is 22.4 Å². The fraction of sp³-hybridized carbons (Fsp3) is 0.263. The fourth-order valence-electron chi connectivity index (χ4n) is 3.30. The first-order chi connectivity index (χ1) is 17.8. The number of nitrogen functional groups attached to an aromatic ring is 1. The number of rotatable bonds is 10. The van der Waals surface area contributed by atoms with Gasteiger partial charge in [0.25, 0.3) is 11.8 Å². The summed E-state index contributed by atoms with van der Waals surface area (Å²) in [5, 5.41) is 26.8. The van der Waals surface area contributed by atoms with Crippen LogP contribution < -0.4 is 16.8 Å². The van der Waals surface area contributed by atoms with E-state index in [0.717, 1.165) is 16.4 Å². The number of hydrogen-bond donors (Lipinski definition) is 5. The van der Waals surface area contributed by atoms with Gasteiger partial charge in [0.15, 0.2) is 10.3 Å². The molecule has 0 saturated carbocycles. The number of allylic oxidation sites excluding steroid dienone is 1. The summed E-state index contributed by atoms with van der Waals surface area (Å²) in [4.78, 5) is 51.0. The predicted molar refractivity (Wildman–Crippen MR) is 139 cm³/mol. The monoisotopic (exact) mass is 581 g/mol. The van der Waals surface area contributed by atoms with E-state index in [1.807, 2.05) is 0 Å². The number of carboxylic acid groups (broad SMARTS) is 1. The number of carbonyl (C=O) groups is 3. The van der Waals surface area contributed by atoms with E-state index in [2.05, 4.69) is 29.8 Å². The number of nitrogens with zero attached hydrogens (tertiary/aromatic N) is 6. The molecule has 2 aromatic heterocycles. The van der Waals surface area contributed by atoms with Crippen LogP contribution in [0.1, 0.15) is 5.82 Å². The van der Waals surface area contributed by atoms with Crippen molar-refractivity contribution < 1.29 is 24.7 Å². The molecule has 2 atom stereocenters. The minimum absolute atomic E-state index is 0.0679. The van der Waals surface area contributed by atoms with Crippen molar-refractivity contribution in [1.29, 1.82) is 0 Å². The number of anilines is 1. The molecule has 2 aromatic rings. The van der Waals surface area contributed by atoms with Crippen LogP contribution in [0.3, 0.4) is 0 Å². The van der Waals surface area contributed by atoms with Crippen molar-refractivity contribution in [3.63, 3.8) is 0 Å². The predicted octanol–water partition coefficient (Wildman–Crippen LogP) is 0.184. The topological polar surface area (TPSA) is 223 Å². The summed E-state index contributed by atoms with van der Waals surface area (Å²) in [7, 11) is 0. The first-order valence-corrected chi connectivity index (χ1v) is 14.1. The summed E-state index contributed by atoms with van der Waals surface area (Å²) in [5.74, 6) is -1.99. The Hall–Kier alpha value is -3.19. The van der Waals surface area contributed by atoms with Crippen molar-refractivity contribution in [3.05, 3.63) is 40.8 Å². The second kappa shape index (κ2) is 11.9. The zero-order valence-electron chi connectivity index (χ0n) is 18.7. The number of oxime groups is 1. The van der Waals surface area contributed by atoms with E-state index in [1.54, 1.807) is 23.7 Å². The SMILES string of the molecule is NCCSc1nccc(S/C=C/C2=C(C(=O)O)N3C(=O)[C@@H](NC(=O)C(=NO)c4nsc(N)n4)[C@H]3SC2)n1. The van der Waals surface area contributed by atoms with Crippen LogP contribution in [0.15, 0.2) is 50.4 Å². The second-order valence-electron chi connectivity index (χ2n) is 7.18. The average Bonchev–Trinajstić information content (AvgIpc) is 3.31. The number of fused-ring (bicyclic) bond motifs is 1. The lowest BCUT2D eigenvalue weighted by Crippen LogP contribution is -2.71. The van der Waals surface area contributed by atoms with Gasteiger partial charge >= 0.3 is 5.97 Å². The Morgan fingerprint density at radius 1 is 1.38 bits per heavy atom. The van der Waals surface area contributed by atoms with Gasteiger partial charge in [-0.25, -0.2) is 14.8 Å². The van der Waals surface area contributed by atoms with Crippen molar-refractivity contribution in [2.45, 2.75) is 21.6 Å². The van der Waals surface area contributed by atoms with Crippen LogP contribution in [0.25, 0.3) is 0 Å². The van der Waals surface area contributed by atoms with Gasteiger partial charge in [-0.1, -0.05) is 28.7 Å². The minimum atomic E-state index is -1.27. The van der Waals surface area contributed by atoms with E-state index >= 15 is 0 Å². The smallest absolute Gasteiger partial charge is 0.352 e. The highest BCUT2D eigenvalue weighted by Gasteiger charge is 2.54. The summed E-state index contributed by atoms with van der Waals surface area (Å²) in [6, 6.07) is 0.704. The Kier molecular flexibility index (Phi) is 8.64. The van der Waals surface area contributed by atoms with Crippen LogP contribution in [-0.2, 0) is 14.4 Å². The summed E-state index contributed by atoms with van der Waals surface area (Å²) in [5.41, 5.74) is 10.8. The van der Waals surface area contributed by atoms with E-state index < -0.39 is 34.9 Å². The van der Waals surface area contributed by atoms with Gasteiger partial charge in [-0.3, -0.25) is 14.5 Å². The zero-order valence-corrected chi connectivity index (χ0v) is 21.9. The number of β-lactam (4-membered cyclic amide) rings is 1. The van der Waals surface area contributed by atoms with Gasteiger partial charge in [0.2, 0.25) is 11.5 Å². The number of hydrogen-bond acceptors (Lipinski definition) is 15. The van der Waals surface area contributed by atoms with E-state index in [1.165, 1.54) is 35.3 Å². The average molecular weight is 582 g/mol. The maximum absolute atomic E-state index is 12.9. The zero-order chi connectivity index (χ0) is 26.5. The Morgan fingerprint density at radius 2 is 2.19 bits per heavy atom. The van der Waals surface area contributed by atoms with Gasteiger partial charge in [0.1, 0.15) is 22.1 Å². The maximum atomic E-state index is 12.9. The summed E-state index contributed by atoms with van der Waals surface area (Å²) < 4.78 is 3.82. The molecule has 37 heavy (non-hydrogen) atoms. The first-order valence-electron chi connectivity index (χ1n) is 10.4. The summed E-state index contributed by atoms with van der Waals surface area (Å²) in [6.07, 6.45) is 3.25. The van der Waals surface area contributed by atoms with Gasteiger partial charge in [-0.15, -0.1) is 11.8 Å². The van der Waals surface area contributed by atoms with Gasteiger partial charge < -0.3 is 27.1 Å². The molecule has 1 saturated heterocycles. The normalized spacial score (nSPS) is 19.6.